The van der Waals surface area contributed by atoms with Gasteiger partial charge in [0.05, 0.1) is 6.61 Å². The molecule has 5 heteroatoms. The van der Waals surface area contributed by atoms with Gasteiger partial charge in [-0.2, -0.15) is 0 Å². The van der Waals surface area contributed by atoms with Crippen molar-refractivity contribution in [2.24, 2.45) is 0 Å². The highest BCUT2D eigenvalue weighted by molar-refractivity contribution is 5.96. The number of esters is 1. The number of hydrogen-bond donors (Lipinski definition) is 1. The van der Waals surface area contributed by atoms with Crippen molar-refractivity contribution in [1.82, 2.24) is 5.32 Å². The van der Waals surface area contributed by atoms with Crippen LogP contribution < -0.4 is 10.1 Å². The average Bonchev–Trinajstić information content (AvgIpc) is 3.12. The number of fused-ring (bicyclic) bond motifs is 3. The first-order valence-corrected chi connectivity index (χ1v) is 10.6. The van der Waals surface area contributed by atoms with Crippen LogP contribution in [0.25, 0.3) is 11.1 Å². The Balaban J connectivity index is 1.35. The minimum Gasteiger partial charge on any atom is -0.494 e. The van der Waals surface area contributed by atoms with E-state index in [9.17, 15) is 9.59 Å². The predicted octanol–water partition coefficient (Wildman–Crippen LogP) is 4.91. The van der Waals surface area contributed by atoms with Crippen LogP contribution in [0.1, 0.15) is 47.4 Å². The van der Waals surface area contributed by atoms with Crippen LogP contribution in [0.3, 0.4) is 0 Å². The summed E-state index contributed by atoms with van der Waals surface area (Å²) in [6.07, 6.45) is 1.59. The second-order valence-electron chi connectivity index (χ2n) is 7.45. The minimum atomic E-state index is -0.482. The molecule has 31 heavy (non-hydrogen) atoms. The Labute approximate surface area is 182 Å². The van der Waals surface area contributed by atoms with E-state index in [0.717, 1.165) is 40.8 Å². The van der Waals surface area contributed by atoms with Crippen LogP contribution in [0, 0.1) is 0 Å². The number of ether oxygens (including phenoxy) is 2. The van der Waals surface area contributed by atoms with Crippen molar-refractivity contribution in [2.75, 3.05) is 13.2 Å². The predicted molar refractivity (Wildman–Crippen MR) is 119 cm³/mol. The lowest BCUT2D eigenvalue weighted by Gasteiger charge is -2.15. The molecule has 0 unspecified atom stereocenters. The van der Waals surface area contributed by atoms with Gasteiger partial charge in [0.2, 0.25) is 0 Å². The number of carbonyl (C=O) groups excluding carboxylic acids is 2. The normalized spacial score (nSPS) is 12.0. The number of hydrogen-bond acceptors (Lipinski definition) is 4. The second-order valence-corrected chi connectivity index (χ2v) is 7.45. The van der Waals surface area contributed by atoms with E-state index in [0.29, 0.717) is 12.2 Å². The van der Waals surface area contributed by atoms with E-state index in [1.165, 1.54) is 0 Å². The van der Waals surface area contributed by atoms with E-state index >= 15 is 0 Å². The molecule has 5 nitrogen and oxygen atoms in total. The highest BCUT2D eigenvalue weighted by Crippen LogP contribution is 2.44. The summed E-state index contributed by atoms with van der Waals surface area (Å²) in [5.41, 5.74) is 4.53. The molecule has 0 spiro atoms. The van der Waals surface area contributed by atoms with E-state index in [4.69, 9.17) is 9.47 Å². The monoisotopic (exact) mass is 415 g/mol. The fourth-order valence-corrected chi connectivity index (χ4v) is 3.70. The van der Waals surface area contributed by atoms with Gasteiger partial charge < -0.3 is 14.8 Å². The van der Waals surface area contributed by atoms with Crippen molar-refractivity contribution in [3.63, 3.8) is 0 Å². The topological polar surface area (TPSA) is 64.6 Å². The van der Waals surface area contributed by atoms with Gasteiger partial charge in [-0.25, -0.2) is 0 Å². The fraction of sp³-hybridized carbons (Fsp3) is 0.231. The molecule has 3 aromatic carbocycles. The van der Waals surface area contributed by atoms with Gasteiger partial charge in [0.1, 0.15) is 12.3 Å². The van der Waals surface area contributed by atoms with Crippen LogP contribution in [-0.4, -0.2) is 25.0 Å². The van der Waals surface area contributed by atoms with E-state index in [1.54, 1.807) is 24.3 Å². The van der Waals surface area contributed by atoms with E-state index < -0.39 is 12.1 Å². The maximum atomic E-state index is 12.5. The van der Waals surface area contributed by atoms with Crippen LogP contribution in [0.15, 0.2) is 72.8 Å². The Morgan fingerprint density at radius 2 is 1.48 bits per heavy atom. The Morgan fingerprint density at radius 3 is 2.10 bits per heavy atom. The zero-order valence-electron chi connectivity index (χ0n) is 17.5. The maximum Gasteiger partial charge on any atom is 0.326 e. The molecule has 1 aliphatic rings. The molecule has 1 amide bonds. The second kappa shape index (κ2) is 9.47. The van der Waals surface area contributed by atoms with Gasteiger partial charge in [-0.3, -0.25) is 9.59 Å². The first-order chi connectivity index (χ1) is 15.2. The third-order valence-electron chi connectivity index (χ3n) is 5.30. The molecule has 0 aromatic heterocycles. The molecule has 0 bridgehead atoms. The van der Waals surface area contributed by atoms with Gasteiger partial charge in [0.15, 0.2) is 6.10 Å². The number of rotatable bonds is 8. The average molecular weight is 415 g/mol. The summed E-state index contributed by atoms with van der Waals surface area (Å²) >= 11 is 0. The van der Waals surface area contributed by atoms with Crippen molar-refractivity contribution in [2.45, 2.75) is 25.9 Å². The molecule has 0 aliphatic heterocycles. The summed E-state index contributed by atoms with van der Waals surface area (Å²) in [6.45, 7) is 2.56. The summed E-state index contributed by atoms with van der Waals surface area (Å²) in [6, 6.07) is 22.7. The van der Waals surface area contributed by atoms with Crippen molar-refractivity contribution in [3.8, 4) is 16.9 Å². The summed E-state index contributed by atoms with van der Waals surface area (Å²) in [5.74, 6) is -0.0865. The van der Waals surface area contributed by atoms with Crippen LogP contribution in [-0.2, 0) is 9.53 Å². The Kier molecular flexibility index (Phi) is 6.32. The van der Waals surface area contributed by atoms with Gasteiger partial charge in [-0.1, -0.05) is 61.9 Å². The van der Waals surface area contributed by atoms with E-state index in [-0.39, 0.29) is 12.5 Å². The Bertz CT molecular complexity index is 1030. The quantitative estimate of drug-likeness (QED) is 0.419. The third kappa shape index (κ3) is 4.61. The number of unbranched alkanes of at least 4 members (excludes halogenated alkanes) is 1. The molecule has 1 aliphatic carbocycles. The minimum absolute atomic E-state index is 0.200. The van der Waals surface area contributed by atoms with Crippen molar-refractivity contribution in [3.05, 3.63) is 89.5 Å². The molecule has 0 atom stereocenters. The van der Waals surface area contributed by atoms with E-state index in [1.807, 2.05) is 48.5 Å². The molecular weight excluding hydrogens is 390 g/mol. The molecule has 0 saturated carbocycles. The van der Waals surface area contributed by atoms with Crippen molar-refractivity contribution >= 4 is 11.9 Å². The number of nitrogens with one attached hydrogen (secondary N) is 1. The first-order valence-electron chi connectivity index (χ1n) is 10.6. The molecule has 0 saturated heterocycles. The van der Waals surface area contributed by atoms with Crippen molar-refractivity contribution in [1.29, 1.82) is 0 Å². The fourth-order valence-electron chi connectivity index (χ4n) is 3.70. The Hall–Kier alpha value is -3.60. The number of amides is 1. The molecule has 0 fully saturated rings. The van der Waals surface area contributed by atoms with Gasteiger partial charge in [-0.15, -0.1) is 0 Å². The van der Waals surface area contributed by atoms with Crippen LogP contribution in [0.5, 0.6) is 5.75 Å². The largest absolute Gasteiger partial charge is 0.494 e. The molecule has 4 rings (SSSR count). The molecule has 0 heterocycles. The molecule has 158 valence electrons. The standard InChI is InChI=1S/C26H25NO4/c1-2-3-16-30-19-14-12-18(13-15-19)26(29)27-17-24(28)31-25-22-10-6-4-8-20(22)21-9-5-7-11-23(21)25/h4-15,25H,2-3,16-17H2,1H3,(H,27,29). The smallest absolute Gasteiger partial charge is 0.326 e. The maximum absolute atomic E-state index is 12.5. The summed E-state index contributed by atoms with van der Waals surface area (Å²) in [4.78, 5) is 24.9. The molecular formula is C26H25NO4. The van der Waals surface area contributed by atoms with Crippen molar-refractivity contribution < 1.29 is 19.1 Å². The van der Waals surface area contributed by atoms with Gasteiger partial charge in [-0.05, 0) is 41.8 Å². The highest BCUT2D eigenvalue weighted by atomic mass is 16.5. The molecule has 0 radical (unpaired) electrons. The molecule has 1 N–H and O–H groups in total. The summed E-state index contributed by atoms with van der Waals surface area (Å²) in [7, 11) is 0. The lowest BCUT2D eigenvalue weighted by atomic mass is 10.1. The SMILES string of the molecule is CCCCOc1ccc(C(=O)NCC(=O)OC2c3ccccc3-c3ccccc32)cc1. The summed E-state index contributed by atoms with van der Waals surface area (Å²) in [5, 5.41) is 2.64. The number of benzene rings is 3. The zero-order chi connectivity index (χ0) is 21.6. The van der Waals surface area contributed by atoms with Crippen LogP contribution >= 0.6 is 0 Å². The number of carbonyl (C=O) groups is 2. The lowest BCUT2D eigenvalue weighted by Crippen LogP contribution is -2.31. The lowest BCUT2D eigenvalue weighted by molar-refractivity contribution is -0.146. The highest BCUT2D eigenvalue weighted by Gasteiger charge is 2.30. The zero-order valence-corrected chi connectivity index (χ0v) is 17.5. The van der Waals surface area contributed by atoms with Gasteiger partial charge in [0, 0.05) is 16.7 Å². The summed E-state index contributed by atoms with van der Waals surface area (Å²) < 4.78 is 11.4. The van der Waals surface area contributed by atoms with Crippen LogP contribution in [0.4, 0.5) is 0 Å². The third-order valence-corrected chi connectivity index (χ3v) is 5.30. The first kappa shape index (κ1) is 20.7. The van der Waals surface area contributed by atoms with Crippen LogP contribution in [0.2, 0.25) is 0 Å². The van der Waals surface area contributed by atoms with E-state index in [2.05, 4.69) is 12.2 Å². The van der Waals surface area contributed by atoms with Gasteiger partial charge >= 0.3 is 5.97 Å². The molecule has 3 aromatic rings. The Morgan fingerprint density at radius 1 is 0.871 bits per heavy atom. The van der Waals surface area contributed by atoms with Gasteiger partial charge in [0.25, 0.3) is 5.91 Å².